The van der Waals surface area contributed by atoms with Crippen LogP contribution in [0.5, 0.6) is 0 Å². The summed E-state index contributed by atoms with van der Waals surface area (Å²) in [4.78, 5) is 0. The summed E-state index contributed by atoms with van der Waals surface area (Å²) >= 11 is 0. The first-order valence-corrected chi connectivity index (χ1v) is 10.8. The van der Waals surface area contributed by atoms with Crippen LogP contribution in [0.2, 0.25) is 0 Å². The van der Waals surface area contributed by atoms with Gasteiger partial charge < -0.3 is 16.9 Å². The normalized spacial score (nSPS) is 14.7. The van der Waals surface area contributed by atoms with Crippen LogP contribution in [0, 0.1) is 43.9 Å². The SMILES string of the molecule is C(#Cc1ccc[cH-]1)C1=C[N-]N(c2ccccc2)C1=C1C=CC=C1.[CH]1[CH][CH][CH-][CH]1.[Fe+2].[Fe+2].c1cc[cH-]c1. The molecular formula is C31H24Fe2N2. The van der Waals surface area contributed by atoms with E-state index in [1.807, 2.05) is 140 Å². The number of nitrogens with zero attached hydrogens (tertiary/aromatic N) is 2. The third kappa shape index (κ3) is 8.66. The summed E-state index contributed by atoms with van der Waals surface area (Å²) in [5.74, 6) is 6.47. The summed E-state index contributed by atoms with van der Waals surface area (Å²) in [6, 6.07) is 28.1. The van der Waals surface area contributed by atoms with Crippen molar-refractivity contribution in [2.75, 3.05) is 5.01 Å². The Bertz CT molecular complexity index is 1110. The van der Waals surface area contributed by atoms with E-state index in [-0.39, 0.29) is 34.1 Å². The van der Waals surface area contributed by atoms with Gasteiger partial charge in [0, 0.05) is 17.0 Å². The van der Waals surface area contributed by atoms with Gasteiger partial charge in [-0.1, -0.05) is 55.3 Å². The van der Waals surface area contributed by atoms with Crippen LogP contribution in [0.25, 0.3) is 5.43 Å². The molecule has 174 valence electrons. The van der Waals surface area contributed by atoms with Crippen molar-refractivity contribution in [2.24, 2.45) is 0 Å². The Hall–Kier alpha value is -2.92. The molecule has 0 saturated heterocycles. The van der Waals surface area contributed by atoms with E-state index in [0.29, 0.717) is 0 Å². The van der Waals surface area contributed by atoms with Crippen LogP contribution >= 0.6 is 0 Å². The molecule has 6 rings (SSSR count). The molecule has 0 bridgehead atoms. The third-order valence-electron chi connectivity index (χ3n) is 4.82. The zero-order valence-corrected chi connectivity index (χ0v) is 21.2. The van der Waals surface area contributed by atoms with Crippen molar-refractivity contribution >= 4 is 5.69 Å². The first-order chi connectivity index (χ1) is 16.4. The van der Waals surface area contributed by atoms with Crippen molar-refractivity contribution in [3.63, 3.8) is 0 Å². The van der Waals surface area contributed by atoms with Crippen molar-refractivity contribution < 1.29 is 34.1 Å². The van der Waals surface area contributed by atoms with E-state index in [9.17, 15) is 0 Å². The molecule has 0 N–H and O–H groups in total. The molecule has 4 radical (unpaired) electrons. The maximum atomic E-state index is 4.56. The van der Waals surface area contributed by atoms with E-state index in [4.69, 9.17) is 0 Å². The van der Waals surface area contributed by atoms with Crippen LogP contribution in [-0.2, 0) is 34.1 Å². The molecule has 1 heterocycles. The summed E-state index contributed by atoms with van der Waals surface area (Å²) in [5, 5.41) is 1.95. The quantitative estimate of drug-likeness (QED) is 0.182. The molecule has 0 amide bonds. The molecule has 1 fully saturated rings. The van der Waals surface area contributed by atoms with Crippen LogP contribution in [0.15, 0.2) is 132 Å². The number of benzene rings is 1. The van der Waals surface area contributed by atoms with E-state index in [1.54, 1.807) is 0 Å². The molecule has 0 atom stereocenters. The second-order valence-electron chi connectivity index (χ2n) is 7.18. The molecule has 0 unspecified atom stereocenters. The summed E-state index contributed by atoms with van der Waals surface area (Å²) in [7, 11) is 0. The fraction of sp³-hybridized carbons (Fsp3) is 0. The smallest absolute Gasteiger partial charge is 0.595 e. The van der Waals surface area contributed by atoms with E-state index in [1.165, 1.54) is 0 Å². The Kier molecular flexibility index (Phi) is 12.8. The Morgan fingerprint density at radius 3 is 2.00 bits per heavy atom. The standard InChI is InChI=1S/C21H14N2.2C5H5.2Fe/c1-2-12-20(13-3-1)23-21(18-10-6-7-11-18)19(16-22-23)15-14-17-8-4-5-9-17;2*1-2-4-5-3-1;;/h1-13,16H;2*1-5H;;/q-2;2*-1;2*+2. The molecular weight excluding hydrogens is 512 g/mol. The number of anilines is 1. The topological polar surface area (TPSA) is 17.3 Å². The summed E-state index contributed by atoms with van der Waals surface area (Å²) < 4.78 is 0. The van der Waals surface area contributed by atoms with Crippen molar-refractivity contribution in [1.82, 2.24) is 0 Å². The minimum Gasteiger partial charge on any atom is -0.595 e. The Morgan fingerprint density at radius 2 is 1.46 bits per heavy atom. The third-order valence-corrected chi connectivity index (χ3v) is 4.82. The number of rotatable bonds is 1. The molecule has 1 aliphatic heterocycles. The van der Waals surface area contributed by atoms with Gasteiger partial charge in [0.1, 0.15) is 0 Å². The predicted octanol–water partition coefficient (Wildman–Crippen LogP) is 7.25. The molecule has 3 aliphatic rings. The molecule has 0 aromatic heterocycles. The van der Waals surface area contributed by atoms with Gasteiger partial charge >= 0.3 is 34.1 Å². The zero-order valence-electron chi connectivity index (χ0n) is 19.0. The molecule has 1 saturated carbocycles. The van der Waals surface area contributed by atoms with Crippen LogP contribution in [0.4, 0.5) is 5.69 Å². The van der Waals surface area contributed by atoms with Gasteiger partial charge in [0.05, 0.1) is 0 Å². The maximum absolute atomic E-state index is 4.56. The van der Waals surface area contributed by atoms with Gasteiger partial charge in [-0.3, -0.25) is 0 Å². The Morgan fingerprint density at radius 1 is 0.743 bits per heavy atom. The minimum absolute atomic E-state index is 0. The van der Waals surface area contributed by atoms with Crippen LogP contribution in [-0.4, -0.2) is 0 Å². The Balaban J connectivity index is 0.000000300. The van der Waals surface area contributed by atoms with Crippen molar-refractivity contribution in [3.05, 3.63) is 175 Å². The second kappa shape index (κ2) is 15.9. The molecule has 0 spiro atoms. The molecule has 35 heavy (non-hydrogen) atoms. The van der Waals surface area contributed by atoms with Gasteiger partial charge in [0.15, 0.2) is 0 Å². The average Bonchev–Trinajstić information content (AvgIpc) is 3.70. The van der Waals surface area contributed by atoms with Crippen molar-refractivity contribution in [3.8, 4) is 11.8 Å². The summed E-state index contributed by atoms with van der Waals surface area (Å²) in [6.07, 6.45) is 20.1. The van der Waals surface area contributed by atoms with E-state index < -0.39 is 0 Å². The number of para-hydroxylation sites is 1. The van der Waals surface area contributed by atoms with E-state index in [0.717, 1.165) is 28.1 Å². The van der Waals surface area contributed by atoms with E-state index in [2.05, 4.69) is 29.4 Å². The minimum atomic E-state index is 0. The molecule has 3 aromatic rings. The molecule has 2 nitrogen and oxygen atoms in total. The molecule has 2 aliphatic carbocycles. The first kappa shape index (κ1) is 28.3. The van der Waals surface area contributed by atoms with Gasteiger partial charge in [0.25, 0.3) is 0 Å². The molecule has 4 heteroatoms. The van der Waals surface area contributed by atoms with Gasteiger partial charge in [-0.05, 0) is 17.7 Å². The largest absolute Gasteiger partial charge is 2.00 e. The molecule has 3 aromatic carbocycles. The summed E-state index contributed by atoms with van der Waals surface area (Å²) in [5.41, 5.74) is 9.69. The number of allylic oxidation sites excluding steroid dienone is 6. The predicted molar refractivity (Wildman–Crippen MR) is 138 cm³/mol. The van der Waals surface area contributed by atoms with Crippen LogP contribution in [0.3, 0.4) is 0 Å². The van der Waals surface area contributed by atoms with Crippen LogP contribution < -0.4 is 5.01 Å². The fourth-order valence-electron chi connectivity index (χ4n) is 3.25. The second-order valence-corrected chi connectivity index (χ2v) is 7.18. The average molecular weight is 536 g/mol. The van der Waals surface area contributed by atoms with Crippen molar-refractivity contribution in [2.45, 2.75) is 0 Å². The van der Waals surface area contributed by atoms with Crippen molar-refractivity contribution in [1.29, 1.82) is 0 Å². The number of hydrogen-bond acceptors (Lipinski definition) is 1. The van der Waals surface area contributed by atoms with Gasteiger partial charge in [-0.15, -0.1) is 23.8 Å². The van der Waals surface area contributed by atoms with Crippen LogP contribution in [0.1, 0.15) is 5.56 Å². The fourth-order valence-corrected chi connectivity index (χ4v) is 3.25. The van der Waals surface area contributed by atoms with Gasteiger partial charge in [0.2, 0.25) is 0 Å². The first-order valence-electron chi connectivity index (χ1n) is 10.8. The Labute approximate surface area is 231 Å². The zero-order chi connectivity index (χ0) is 22.6. The maximum Gasteiger partial charge on any atom is 2.00 e. The number of hydrogen-bond donors (Lipinski definition) is 0. The summed E-state index contributed by atoms with van der Waals surface area (Å²) in [6.45, 7) is 0. The monoisotopic (exact) mass is 536 g/mol. The van der Waals surface area contributed by atoms with Gasteiger partial charge in [-0.25, -0.2) is 12.1 Å². The van der Waals surface area contributed by atoms with Gasteiger partial charge in [-0.2, -0.15) is 55.2 Å². The van der Waals surface area contributed by atoms with E-state index >= 15 is 0 Å².